The van der Waals surface area contributed by atoms with Crippen molar-refractivity contribution < 1.29 is 19.4 Å². The summed E-state index contributed by atoms with van der Waals surface area (Å²) >= 11 is 0. The zero-order valence-corrected chi connectivity index (χ0v) is 11.7. The zero-order valence-electron chi connectivity index (χ0n) is 11.7. The number of carboxylic acids is 1. The molecule has 2 aliphatic heterocycles. The molecule has 0 aromatic carbocycles. The SMILES string of the molecule is O=C(O)CC1CCN(C(=O)NCCN2CCOCC2)C1. The van der Waals surface area contributed by atoms with Gasteiger partial charge in [0.05, 0.1) is 13.2 Å². The molecule has 0 aromatic rings. The highest BCUT2D eigenvalue weighted by molar-refractivity contribution is 5.74. The molecule has 1 unspecified atom stereocenters. The molecule has 20 heavy (non-hydrogen) atoms. The molecule has 0 radical (unpaired) electrons. The molecule has 0 saturated carbocycles. The average molecular weight is 285 g/mol. The summed E-state index contributed by atoms with van der Waals surface area (Å²) < 4.78 is 5.27. The van der Waals surface area contributed by atoms with Crippen molar-refractivity contribution in [2.45, 2.75) is 12.8 Å². The lowest BCUT2D eigenvalue weighted by atomic mass is 10.1. The van der Waals surface area contributed by atoms with E-state index in [0.29, 0.717) is 19.6 Å². The highest BCUT2D eigenvalue weighted by atomic mass is 16.5. The van der Waals surface area contributed by atoms with Gasteiger partial charge in [0.15, 0.2) is 0 Å². The number of amides is 2. The summed E-state index contributed by atoms with van der Waals surface area (Å²) in [5.41, 5.74) is 0. The van der Waals surface area contributed by atoms with E-state index in [1.54, 1.807) is 4.90 Å². The first-order chi connectivity index (χ1) is 9.65. The maximum atomic E-state index is 11.9. The summed E-state index contributed by atoms with van der Waals surface area (Å²) in [4.78, 5) is 26.6. The Labute approximate surface area is 118 Å². The van der Waals surface area contributed by atoms with Gasteiger partial charge in [-0.3, -0.25) is 9.69 Å². The van der Waals surface area contributed by atoms with Gasteiger partial charge in [-0.2, -0.15) is 0 Å². The van der Waals surface area contributed by atoms with Crippen molar-refractivity contribution >= 4 is 12.0 Å². The van der Waals surface area contributed by atoms with Gasteiger partial charge in [-0.25, -0.2) is 4.79 Å². The largest absolute Gasteiger partial charge is 0.481 e. The van der Waals surface area contributed by atoms with Gasteiger partial charge < -0.3 is 20.1 Å². The predicted molar refractivity (Wildman–Crippen MR) is 72.6 cm³/mol. The Bertz CT molecular complexity index is 345. The van der Waals surface area contributed by atoms with Crippen molar-refractivity contribution in [3.8, 4) is 0 Å². The number of morpholine rings is 1. The zero-order chi connectivity index (χ0) is 14.4. The molecule has 0 aliphatic carbocycles. The number of carboxylic acid groups (broad SMARTS) is 1. The maximum absolute atomic E-state index is 11.9. The molecule has 2 fully saturated rings. The monoisotopic (exact) mass is 285 g/mol. The van der Waals surface area contributed by atoms with E-state index < -0.39 is 5.97 Å². The number of carbonyl (C=O) groups excluding carboxylic acids is 1. The fraction of sp³-hybridized carbons (Fsp3) is 0.846. The molecule has 2 amide bonds. The summed E-state index contributed by atoms with van der Waals surface area (Å²) in [7, 11) is 0. The minimum atomic E-state index is -0.787. The third-order valence-electron chi connectivity index (χ3n) is 3.84. The molecule has 1 atom stereocenters. The van der Waals surface area contributed by atoms with Crippen LogP contribution in [0.4, 0.5) is 4.79 Å². The topological polar surface area (TPSA) is 82.1 Å². The molecule has 2 rings (SSSR count). The van der Waals surface area contributed by atoms with E-state index in [9.17, 15) is 9.59 Å². The highest BCUT2D eigenvalue weighted by Gasteiger charge is 2.27. The molecule has 0 aromatic heterocycles. The molecule has 2 saturated heterocycles. The summed E-state index contributed by atoms with van der Waals surface area (Å²) in [5, 5.41) is 11.7. The first-order valence-electron chi connectivity index (χ1n) is 7.20. The van der Waals surface area contributed by atoms with Gasteiger partial charge >= 0.3 is 12.0 Å². The van der Waals surface area contributed by atoms with Gasteiger partial charge in [-0.15, -0.1) is 0 Å². The Balaban J connectivity index is 1.61. The van der Waals surface area contributed by atoms with Gasteiger partial charge in [0.1, 0.15) is 0 Å². The van der Waals surface area contributed by atoms with Crippen LogP contribution in [0.5, 0.6) is 0 Å². The molecule has 7 nitrogen and oxygen atoms in total. The van der Waals surface area contributed by atoms with Crippen LogP contribution < -0.4 is 5.32 Å². The number of nitrogens with one attached hydrogen (secondary N) is 1. The van der Waals surface area contributed by atoms with Crippen LogP contribution in [0.1, 0.15) is 12.8 Å². The second-order valence-electron chi connectivity index (χ2n) is 5.38. The third kappa shape index (κ3) is 4.64. The van der Waals surface area contributed by atoms with E-state index in [0.717, 1.165) is 39.3 Å². The Morgan fingerprint density at radius 3 is 2.70 bits per heavy atom. The lowest BCUT2D eigenvalue weighted by Gasteiger charge is -2.27. The van der Waals surface area contributed by atoms with E-state index in [1.165, 1.54) is 0 Å². The fourth-order valence-corrected chi connectivity index (χ4v) is 2.69. The number of rotatable bonds is 5. The number of urea groups is 1. The summed E-state index contributed by atoms with van der Waals surface area (Å²) in [6.45, 7) is 6.02. The number of carbonyl (C=O) groups is 2. The van der Waals surface area contributed by atoms with Crippen LogP contribution in [0, 0.1) is 5.92 Å². The van der Waals surface area contributed by atoms with Crippen molar-refractivity contribution in [1.82, 2.24) is 15.1 Å². The predicted octanol–water partition coefficient (Wildman–Crippen LogP) is -0.175. The second-order valence-corrected chi connectivity index (χ2v) is 5.38. The quantitative estimate of drug-likeness (QED) is 0.732. The minimum absolute atomic E-state index is 0.0776. The van der Waals surface area contributed by atoms with Crippen LogP contribution in [-0.4, -0.2) is 79.4 Å². The van der Waals surface area contributed by atoms with Crippen LogP contribution in [0.25, 0.3) is 0 Å². The van der Waals surface area contributed by atoms with Gasteiger partial charge in [0.25, 0.3) is 0 Å². The van der Waals surface area contributed by atoms with Crippen LogP contribution in [0.3, 0.4) is 0 Å². The van der Waals surface area contributed by atoms with E-state index in [2.05, 4.69) is 10.2 Å². The first-order valence-corrected chi connectivity index (χ1v) is 7.20. The van der Waals surface area contributed by atoms with Crippen molar-refractivity contribution in [3.63, 3.8) is 0 Å². The Kier molecular flexibility index (Phi) is 5.60. The normalized spacial score (nSPS) is 23.8. The van der Waals surface area contributed by atoms with E-state index >= 15 is 0 Å². The van der Waals surface area contributed by atoms with Crippen molar-refractivity contribution in [2.75, 3.05) is 52.5 Å². The molecule has 114 valence electrons. The van der Waals surface area contributed by atoms with Crippen LogP contribution in [0.2, 0.25) is 0 Å². The minimum Gasteiger partial charge on any atom is -0.481 e. The number of likely N-dealkylation sites (tertiary alicyclic amines) is 1. The molecule has 0 bridgehead atoms. The molecule has 0 spiro atoms. The Morgan fingerprint density at radius 2 is 2.00 bits per heavy atom. The van der Waals surface area contributed by atoms with Gasteiger partial charge in [-0.1, -0.05) is 0 Å². The summed E-state index contributed by atoms with van der Waals surface area (Å²) in [6.07, 6.45) is 0.931. The van der Waals surface area contributed by atoms with Crippen molar-refractivity contribution in [1.29, 1.82) is 0 Å². The fourth-order valence-electron chi connectivity index (χ4n) is 2.69. The Hall–Kier alpha value is -1.34. The van der Waals surface area contributed by atoms with E-state index in [1.807, 2.05) is 0 Å². The first kappa shape index (κ1) is 15.1. The van der Waals surface area contributed by atoms with Crippen LogP contribution >= 0.6 is 0 Å². The number of ether oxygens (including phenoxy) is 1. The van der Waals surface area contributed by atoms with E-state index in [-0.39, 0.29) is 18.4 Å². The molecule has 2 N–H and O–H groups in total. The van der Waals surface area contributed by atoms with Gasteiger partial charge in [0, 0.05) is 45.7 Å². The second kappa shape index (κ2) is 7.44. The average Bonchev–Trinajstić information content (AvgIpc) is 2.87. The van der Waals surface area contributed by atoms with Gasteiger partial charge in [0.2, 0.25) is 0 Å². The smallest absolute Gasteiger partial charge is 0.317 e. The lowest BCUT2D eigenvalue weighted by molar-refractivity contribution is -0.138. The van der Waals surface area contributed by atoms with Crippen molar-refractivity contribution in [3.05, 3.63) is 0 Å². The molecule has 2 heterocycles. The van der Waals surface area contributed by atoms with Crippen molar-refractivity contribution in [2.24, 2.45) is 5.92 Å². The van der Waals surface area contributed by atoms with E-state index in [4.69, 9.17) is 9.84 Å². The lowest BCUT2D eigenvalue weighted by Crippen LogP contribution is -2.44. The standard InChI is InChI=1S/C13H23N3O4/c17-12(18)9-11-1-3-16(10-11)13(19)14-2-4-15-5-7-20-8-6-15/h11H,1-10H2,(H,14,19)(H,17,18). The van der Waals surface area contributed by atoms with Crippen LogP contribution in [-0.2, 0) is 9.53 Å². The number of nitrogens with zero attached hydrogens (tertiary/aromatic N) is 2. The maximum Gasteiger partial charge on any atom is 0.317 e. The number of aliphatic carboxylic acids is 1. The van der Waals surface area contributed by atoms with Crippen LogP contribution in [0.15, 0.2) is 0 Å². The molecule has 2 aliphatic rings. The summed E-state index contributed by atoms with van der Waals surface area (Å²) in [6, 6.07) is -0.0776. The molecular weight excluding hydrogens is 262 g/mol. The number of hydrogen-bond acceptors (Lipinski definition) is 4. The summed E-state index contributed by atoms with van der Waals surface area (Å²) in [5.74, 6) is -0.693. The third-order valence-corrected chi connectivity index (χ3v) is 3.84. The highest BCUT2D eigenvalue weighted by Crippen LogP contribution is 2.19. The number of hydrogen-bond donors (Lipinski definition) is 2. The molecular formula is C13H23N3O4. The van der Waals surface area contributed by atoms with Gasteiger partial charge in [-0.05, 0) is 12.3 Å². The molecule has 7 heteroatoms. The Morgan fingerprint density at radius 1 is 1.25 bits per heavy atom.